The smallest absolute Gasteiger partial charge is 0.366 e. The standard InChI is InChI=1S/C12H16F2N2O2S/c1-8(9(7-17)19-2)16-11(18)12(13,14)10-5-3-4-6-15-10/h3-6,8-9,17H,7H2,1-2H3,(H,16,18)/t8-,9+/m1/s1. The molecule has 7 heteroatoms. The number of carbonyl (C=O) groups is 1. The van der Waals surface area contributed by atoms with Gasteiger partial charge in [0.05, 0.1) is 6.61 Å². The summed E-state index contributed by atoms with van der Waals surface area (Å²) in [5, 5.41) is 10.9. The van der Waals surface area contributed by atoms with E-state index in [1.807, 2.05) is 0 Å². The molecule has 1 amide bonds. The summed E-state index contributed by atoms with van der Waals surface area (Å²) in [4.78, 5) is 15.1. The largest absolute Gasteiger partial charge is 0.395 e. The third-order valence-corrected chi connectivity index (χ3v) is 3.83. The lowest BCUT2D eigenvalue weighted by atomic mass is 10.1. The lowest BCUT2D eigenvalue weighted by molar-refractivity contribution is -0.148. The summed E-state index contributed by atoms with van der Waals surface area (Å²) < 4.78 is 27.7. The number of nitrogens with zero attached hydrogens (tertiary/aromatic N) is 1. The van der Waals surface area contributed by atoms with Gasteiger partial charge in [-0.15, -0.1) is 0 Å². The van der Waals surface area contributed by atoms with Gasteiger partial charge in [-0.3, -0.25) is 9.78 Å². The van der Waals surface area contributed by atoms with Crippen molar-refractivity contribution in [3.05, 3.63) is 30.1 Å². The van der Waals surface area contributed by atoms with E-state index in [1.54, 1.807) is 13.2 Å². The molecule has 1 rings (SSSR count). The molecule has 1 heterocycles. The van der Waals surface area contributed by atoms with Crippen molar-refractivity contribution in [3.63, 3.8) is 0 Å². The molecule has 2 N–H and O–H groups in total. The summed E-state index contributed by atoms with van der Waals surface area (Å²) in [5.41, 5.74) is -0.593. The van der Waals surface area contributed by atoms with Gasteiger partial charge in [0, 0.05) is 17.5 Å². The third kappa shape index (κ3) is 3.87. The van der Waals surface area contributed by atoms with Crippen LogP contribution in [0.5, 0.6) is 0 Å². The van der Waals surface area contributed by atoms with Crippen LogP contribution in [0.3, 0.4) is 0 Å². The number of amides is 1. The zero-order valence-electron chi connectivity index (χ0n) is 10.6. The number of halogens is 2. The van der Waals surface area contributed by atoms with Crippen LogP contribution in [-0.4, -0.2) is 40.2 Å². The van der Waals surface area contributed by atoms with Crippen molar-refractivity contribution < 1.29 is 18.7 Å². The summed E-state index contributed by atoms with van der Waals surface area (Å²) in [6.07, 6.45) is 2.94. The summed E-state index contributed by atoms with van der Waals surface area (Å²) in [6, 6.07) is 3.42. The fourth-order valence-corrected chi connectivity index (χ4v) is 2.12. The Morgan fingerprint density at radius 3 is 2.74 bits per heavy atom. The van der Waals surface area contributed by atoms with Crippen molar-refractivity contribution in [1.82, 2.24) is 10.3 Å². The lowest BCUT2D eigenvalue weighted by Gasteiger charge is -2.24. The van der Waals surface area contributed by atoms with Crippen LogP contribution in [0.4, 0.5) is 8.78 Å². The van der Waals surface area contributed by atoms with Crippen LogP contribution in [0, 0.1) is 0 Å². The molecule has 0 spiro atoms. The molecule has 0 fully saturated rings. The molecule has 1 aromatic rings. The highest BCUT2D eigenvalue weighted by molar-refractivity contribution is 7.99. The number of hydrogen-bond donors (Lipinski definition) is 2. The summed E-state index contributed by atoms with van der Waals surface area (Å²) in [7, 11) is 0. The first-order chi connectivity index (χ1) is 8.93. The molecule has 0 aliphatic heterocycles. The number of aliphatic hydroxyl groups is 1. The highest BCUT2D eigenvalue weighted by Gasteiger charge is 2.43. The number of aliphatic hydroxyl groups excluding tert-OH is 1. The zero-order valence-corrected chi connectivity index (χ0v) is 11.5. The van der Waals surface area contributed by atoms with Crippen LogP contribution in [0.2, 0.25) is 0 Å². The topological polar surface area (TPSA) is 62.2 Å². The maximum Gasteiger partial charge on any atom is 0.366 e. The van der Waals surface area contributed by atoms with Gasteiger partial charge >= 0.3 is 5.92 Å². The van der Waals surface area contributed by atoms with Gasteiger partial charge in [0.1, 0.15) is 5.69 Å². The monoisotopic (exact) mass is 290 g/mol. The minimum atomic E-state index is -3.69. The highest BCUT2D eigenvalue weighted by Crippen LogP contribution is 2.26. The number of hydrogen-bond acceptors (Lipinski definition) is 4. The van der Waals surface area contributed by atoms with Crippen LogP contribution < -0.4 is 5.32 Å². The van der Waals surface area contributed by atoms with Gasteiger partial charge < -0.3 is 10.4 Å². The van der Waals surface area contributed by atoms with E-state index in [2.05, 4.69) is 10.3 Å². The fraction of sp³-hybridized carbons (Fsp3) is 0.500. The number of thioether (sulfide) groups is 1. The maximum atomic E-state index is 13.8. The molecule has 0 saturated carbocycles. The molecule has 19 heavy (non-hydrogen) atoms. The second-order valence-electron chi connectivity index (χ2n) is 4.01. The van der Waals surface area contributed by atoms with Crippen LogP contribution in [0.15, 0.2) is 24.4 Å². The molecule has 0 aliphatic carbocycles. The molecular formula is C12H16F2N2O2S. The Balaban J connectivity index is 2.77. The second-order valence-corrected chi connectivity index (χ2v) is 5.09. The number of carbonyl (C=O) groups excluding carboxylic acids is 1. The number of alkyl halides is 2. The number of rotatable bonds is 6. The van der Waals surface area contributed by atoms with Gasteiger partial charge in [-0.2, -0.15) is 20.5 Å². The quantitative estimate of drug-likeness (QED) is 0.831. The molecule has 106 valence electrons. The number of aromatic nitrogens is 1. The first-order valence-corrected chi connectivity index (χ1v) is 6.96. The summed E-state index contributed by atoms with van der Waals surface area (Å²) in [6.45, 7) is 1.38. The summed E-state index contributed by atoms with van der Waals surface area (Å²) >= 11 is 1.30. The van der Waals surface area contributed by atoms with Crippen molar-refractivity contribution >= 4 is 17.7 Å². The van der Waals surface area contributed by atoms with Crippen molar-refractivity contribution in [2.24, 2.45) is 0 Å². The zero-order chi connectivity index (χ0) is 14.5. The van der Waals surface area contributed by atoms with E-state index < -0.39 is 23.6 Å². The van der Waals surface area contributed by atoms with Gasteiger partial charge in [0.2, 0.25) is 0 Å². The Hall–Kier alpha value is -1.21. The molecule has 2 atom stereocenters. The predicted molar refractivity (Wildman–Crippen MR) is 70.1 cm³/mol. The molecular weight excluding hydrogens is 274 g/mol. The maximum absolute atomic E-state index is 13.8. The van der Waals surface area contributed by atoms with Crippen LogP contribution in [-0.2, 0) is 10.7 Å². The van der Waals surface area contributed by atoms with E-state index in [1.165, 1.54) is 30.1 Å². The number of nitrogens with one attached hydrogen (secondary N) is 1. The fourth-order valence-electron chi connectivity index (χ4n) is 1.49. The minimum absolute atomic E-state index is 0.197. The van der Waals surface area contributed by atoms with E-state index in [4.69, 9.17) is 5.11 Å². The highest BCUT2D eigenvalue weighted by atomic mass is 32.2. The SMILES string of the molecule is CS[C@@H](CO)[C@@H](C)NC(=O)C(F)(F)c1ccccn1. The van der Waals surface area contributed by atoms with Gasteiger partial charge in [0.25, 0.3) is 5.91 Å². The molecule has 0 unspecified atom stereocenters. The normalized spacial score (nSPS) is 14.8. The van der Waals surface area contributed by atoms with Gasteiger partial charge in [-0.1, -0.05) is 6.07 Å². The van der Waals surface area contributed by atoms with E-state index >= 15 is 0 Å². The van der Waals surface area contributed by atoms with Crippen LogP contribution >= 0.6 is 11.8 Å². The molecule has 4 nitrogen and oxygen atoms in total. The Bertz CT molecular complexity index is 413. The van der Waals surface area contributed by atoms with Crippen molar-refractivity contribution in [1.29, 1.82) is 0 Å². The molecule has 0 aliphatic rings. The Morgan fingerprint density at radius 1 is 1.58 bits per heavy atom. The average molecular weight is 290 g/mol. The van der Waals surface area contributed by atoms with Gasteiger partial charge in [-0.25, -0.2) is 0 Å². The van der Waals surface area contributed by atoms with E-state index in [-0.39, 0.29) is 11.9 Å². The predicted octanol–water partition coefficient (Wildman–Crippen LogP) is 1.40. The van der Waals surface area contributed by atoms with E-state index in [9.17, 15) is 13.6 Å². The van der Waals surface area contributed by atoms with Crippen LogP contribution in [0.25, 0.3) is 0 Å². The molecule has 0 radical (unpaired) electrons. The lowest BCUT2D eigenvalue weighted by Crippen LogP contribution is -2.47. The average Bonchev–Trinajstić information content (AvgIpc) is 2.41. The van der Waals surface area contributed by atoms with Gasteiger partial charge in [0.15, 0.2) is 0 Å². The van der Waals surface area contributed by atoms with E-state index in [0.717, 1.165) is 6.07 Å². The van der Waals surface area contributed by atoms with Crippen LogP contribution in [0.1, 0.15) is 12.6 Å². The minimum Gasteiger partial charge on any atom is -0.395 e. The molecule has 0 aromatic carbocycles. The number of pyridine rings is 1. The van der Waals surface area contributed by atoms with Gasteiger partial charge in [-0.05, 0) is 25.3 Å². The Morgan fingerprint density at radius 2 is 2.26 bits per heavy atom. The molecule has 0 saturated heterocycles. The van der Waals surface area contributed by atoms with Crippen molar-refractivity contribution in [3.8, 4) is 0 Å². The first-order valence-electron chi connectivity index (χ1n) is 5.67. The first kappa shape index (κ1) is 15.8. The Kier molecular flexibility index (Phi) is 5.68. The second kappa shape index (κ2) is 6.81. The van der Waals surface area contributed by atoms with Crippen molar-refractivity contribution in [2.75, 3.05) is 12.9 Å². The summed E-state index contributed by atoms with van der Waals surface area (Å²) in [5.74, 6) is -5.10. The third-order valence-electron chi connectivity index (χ3n) is 2.67. The molecule has 0 bridgehead atoms. The van der Waals surface area contributed by atoms with Crippen molar-refractivity contribution in [2.45, 2.75) is 24.1 Å². The Labute approximate surface area is 114 Å². The molecule has 1 aromatic heterocycles. The van der Waals surface area contributed by atoms with E-state index in [0.29, 0.717) is 0 Å².